The Labute approximate surface area is 115 Å². The van der Waals surface area contributed by atoms with E-state index in [1.807, 2.05) is 37.4 Å². The minimum Gasteiger partial charge on any atom is -0.453 e. The van der Waals surface area contributed by atoms with Gasteiger partial charge in [0.05, 0.1) is 18.7 Å². The Balaban J connectivity index is 1.89. The van der Waals surface area contributed by atoms with E-state index in [4.69, 9.17) is 0 Å². The number of nitrogens with zero attached hydrogens (tertiary/aromatic N) is 1. The van der Waals surface area contributed by atoms with Crippen LogP contribution in [0.4, 0.5) is 16.2 Å². The molecule has 2 N–H and O–H groups in total. The van der Waals surface area contributed by atoms with E-state index in [1.54, 1.807) is 11.3 Å². The second-order valence-corrected chi connectivity index (χ2v) is 5.21. The van der Waals surface area contributed by atoms with Crippen LogP contribution in [0.3, 0.4) is 0 Å². The molecule has 0 spiro atoms. The smallest absolute Gasteiger partial charge is 0.411 e. The highest BCUT2D eigenvalue weighted by Gasteiger charge is 2.01. The molecule has 1 aromatic heterocycles. The number of carbonyl (C=O) groups excluding carboxylic acids is 1. The second-order valence-electron chi connectivity index (χ2n) is 3.89. The third-order valence-electron chi connectivity index (χ3n) is 2.45. The molecule has 0 saturated carbocycles. The quantitative estimate of drug-likeness (QED) is 0.900. The summed E-state index contributed by atoms with van der Waals surface area (Å²) in [5.74, 6) is 0. The van der Waals surface area contributed by atoms with Gasteiger partial charge in [0.2, 0.25) is 0 Å². The van der Waals surface area contributed by atoms with Crippen molar-refractivity contribution < 1.29 is 9.53 Å². The van der Waals surface area contributed by atoms with E-state index in [0.717, 1.165) is 17.2 Å². The minimum absolute atomic E-state index is 0.471. The molecule has 6 heteroatoms. The first kappa shape index (κ1) is 13.4. The van der Waals surface area contributed by atoms with Crippen molar-refractivity contribution in [1.82, 2.24) is 4.98 Å². The summed E-state index contributed by atoms with van der Waals surface area (Å²) in [5, 5.41) is 6.96. The first-order valence-electron chi connectivity index (χ1n) is 5.77. The van der Waals surface area contributed by atoms with Gasteiger partial charge in [0.25, 0.3) is 0 Å². The van der Waals surface area contributed by atoms with E-state index < -0.39 is 6.09 Å². The largest absolute Gasteiger partial charge is 0.453 e. The van der Waals surface area contributed by atoms with Crippen LogP contribution in [0.5, 0.6) is 0 Å². The fraction of sp³-hybridized carbons (Fsp3) is 0.231. The molecule has 100 valence electrons. The van der Waals surface area contributed by atoms with Gasteiger partial charge < -0.3 is 10.1 Å². The summed E-state index contributed by atoms with van der Waals surface area (Å²) in [6.07, 6.45) is 1.40. The number of ether oxygens (including phenoxy) is 1. The van der Waals surface area contributed by atoms with Gasteiger partial charge in [0.1, 0.15) is 0 Å². The highest BCUT2D eigenvalue weighted by atomic mass is 32.1. The fourth-order valence-electron chi connectivity index (χ4n) is 1.52. The molecule has 1 aromatic carbocycles. The summed E-state index contributed by atoms with van der Waals surface area (Å²) in [5.41, 5.74) is 1.69. The molecule has 0 fully saturated rings. The molecule has 2 aromatic rings. The standard InChI is InChI=1S/C13H15N3O2S/c1-9-14-7-12(19-9)8-15-10-3-5-11(6-4-10)16-13(17)18-2/h3-7,15H,8H2,1-2H3,(H,16,17). The zero-order valence-electron chi connectivity index (χ0n) is 10.8. The van der Waals surface area contributed by atoms with Crippen LogP contribution in [-0.2, 0) is 11.3 Å². The van der Waals surface area contributed by atoms with Crippen molar-refractivity contribution in [3.63, 3.8) is 0 Å². The Morgan fingerprint density at radius 3 is 2.58 bits per heavy atom. The SMILES string of the molecule is COC(=O)Nc1ccc(NCc2cnc(C)s2)cc1. The molecule has 19 heavy (non-hydrogen) atoms. The maximum absolute atomic E-state index is 11.0. The predicted molar refractivity (Wildman–Crippen MR) is 76.6 cm³/mol. The molecular formula is C13H15N3O2S. The number of anilines is 2. The van der Waals surface area contributed by atoms with Crippen molar-refractivity contribution in [2.75, 3.05) is 17.7 Å². The monoisotopic (exact) mass is 277 g/mol. The van der Waals surface area contributed by atoms with Crippen molar-refractivity contribution in [2.24, 2.45) is 0 Å². The Morgan fingerprint density at radius 2 is 2.00 bits per heavy atom. The van der Waals surface area contributed by atoms with Gasteiger partial charge in [-0.25, -0.2) is 9.78 Å². The number of hydrogen-bond donors (Lipinski definition) is 2. The predicted octanol–water partition coefficient (Wildman–Crippen LogP) is 3.24. The van der Waals surface area contributed by atoms with E-state index in [1.165, 1.54) is 12.0 Å². The lowest BCUT2D eigenvalue weighted by molar-refractivity contribution is 0.187. The summed E-state index contributed by atoms with van der Waals surface area (Å²) < 4.78 is 4.52. The van der Waals surface area contributed by atoms with Crippen molar-refractivity contribution in [1.29, 1.82) is 0 Å². The van der Waals surface area contributed by atoms with E-state index in [2.05, 4.69) is 20.4 Å². The van der Waals surface area contributed by atoms with Gasteiger partial charge in [-0.2, -0.15) is 0 Å². The number of amides is 1. The zero-order valence-corrected chi connectivity index (χ0v) is 11.6. The van der Waals surface area contributed by atoms with Crippen LogP contribution in [0.2, 0.25) is 0 Å². The molecule has 0 aliphatic heterocycles. The topological polar surface area (TPSA) is 63.2 Å². The zero-order chi connectivity index (χ0) is 13.7. The Bertz CT molecular complexity index is 551. The van der Waals surface area contributed by atoms with Crippen molar-refractivity contribution in [3.8, 4) is 0 Å². The number of nitrogens with one attached hydrogen (secondary N) is 2. The third kappa shape index (κ3) is 3.96. The van der Waals surface area contributed by atoms with Gasteiger partial charge in [-0.15, -0.1) is 11.3 Å². The minimum atomic E-state index is -0.471. The molecule has 0 bridgehead atoms. The second kappa shape index (κ2) is 6.19. The summed E-state index contributed by atoms with van der Waals surface area (Å²) in [6.45, 7) is 2.73. The molecule has 1 amide bonds. The van der Waals surface area contributed by atoms with Gasteiger partial charge in [-0.05, 0) is 31.2 Å². The maximum Gasteiger partial charge on any atom is 0.411 e. The van der Waals surface area contributed by atoms with E-state index in [0.29, 0.717) is 5.69 Å². The lowest BCUT2D eigenvalue weighted by atomic mass is 10.3. The van der Waals surface area contributed by atoms with Crippen LogP contribution in [0, 0.1) is 6.92 Å². The van der Waals surface area contributed by atoms with Gasteiger partial charge in [0.15, 0.2) is 0 Å². The molecule has 0 radical (unpaired) electrons. The average molecular weight is 277 g/mol. The van der Waals surface area contributed by atoms with E-state index >= 15 is 0 Å². The number of thiazole rings is 1. The summed E-state index contributed by atoms with van der Waals surface area (Å²) in [6, 6.07) is 7.44. The first-order valence-corrected chi connectivity index (χ1v) is 6.59. The van der Waals surface area contributed by atoms with Crippen LogP contribution < -0.4 is 10.6 Å². The van der Waals surface area contributed by atoms with Crippen LogP contribution in [-0.4, -0.2) is 18.2 Å². The van der Waals surface area contributed by atoms with Crippen LogP contribution in [0.1, 0.15) is 9.88 Å². The Morgan fingerprint density at radius 1 is 1.32 bits per heavy atom. The number of benzene rings is 1. The van der Waals surface area contributed by atoms with Crippen molar-refractivity contribution >= 4 is 28.8 Å². The molecule has 0 saturated heterocycles. The van der Waals surface area contributed by atoms with Crippen molar-refractivity contribution in [3.05, 3.63) is 40.3 Å². The van der Waals surface area contributed by atoms with Crippen LogP contribution in [0.15, 0.2) is 30.5 Å². The fourth-order valence-corrected chi connectivity index (χ4v) is 2.25. The molecule has 2 rings (SSSR count). The molecule has 0 atom stereocenters. The third-order valence-corrected chi connectivity index (χ3v) is 3.37. The molecule has 0 aliphatic rings. The molecule has 5 nitrogen and oxygen atoms in total. The number of aryl methyl sites for hydroxylation is 1. The van der Waals surface area contributed by atoms with Crippen molar-refractivity contribution in [2.45, 2.75) is 13.5 Å². The van der Waals surface area contributed by atoms with Gasteiger partial charge in [0, 0.05) is 22.4 Å². The number of aromatic nitrogens is 1. The highest BCUT2D eigenvalue weighted by molar-refractivity contribution is 7.11. The van der Waals surface area contributed by atoms with Crippen LogP contribution in [0.25, 0.3) is 0 Å². The number of carbonyl (C=O) groups is 1. The summed E-state index contributed by atoms with van der Waals surface area (Å²) >= 11 is 1.67. The lowest BCUT2D eigenvalue weighted by Gasteiger charge is -2.07. The molecule has 1 heterocycles. The summed E-state index contributed by atoms with van der Waals surface area (Å²) in [4.78, 5) is 16.4. The molecule has 0 aliphatic carbocycles. The first-order chi connectivity index (χ1) is 9.17. The van der Waals surface area contributed by atoms with Gasteiger partial charge in [-0.3, -0.25) is 5.32 Å². The van der Waals surface area contributed by atoms with Gasteiger partial charge in [-0.1, -0.05) is 0 Å². The lowest BCUT2D eigenvalue weighted by Crippen LogP contribution is -2.10. The highest BCUT2D eigenvalue weighted by Crippen LogP contribution is 2.17. The molecule has 0 unspecified atom stereocenters. The van der Waals surface area contributed by atoms with Crippen LogP contribution >= 0.6 is 11.3 Å². The summed E-state index contributed by atoms with van der Waals surface area (Å²) in [7, 11) is 1.34. The Kier molecular flexibility index (Phi) is 4.35. The Hall–Kier alpha value is -2.08. The maximum atomic E-state index is 11.0. The van der Waals surface area contributed by atoms with E-state index in [9.17, 15) is 4.79 Å². The average Bonchev–Trinajstić information content (AvgIpc) is 2.83. The number of methoxy groups -OCH3 is 1. The molecular weight excluding hydrogens is 262 g/mol. The number of hydrogen-bond acceptors (Lipinski definition) is 5. The number of rotatable bonds is 4. The van der Waals surface area contributed by atoms with Gasteiger partial charge >= 0.3 is 6.09 Å². The van der Waals surface area contributed by atoms with E-state index in [-0.39, 0.29) is 0 Å². The normalized spacial score (nSPS) is 10.0.